The van der Waals surface area contributed by atoms with Gasteiger partial charge >= 0.3 is 17.1 Å². The molecule has 0 radical (unpaired) electrons. The Balaban J connectivity index is 0.00000208. The highest BCUT2D eigenvalue weighted by Gasteiger charge is 2.38. The number of ether oxygens (including phenoxy) is 2. The number of nitrogens with zero attached hydrogens (tertiary/aromatic N) is 4. The Labute approximate surface area is 153 Å². The monoisotopic (exact) mass is 416 g/mol. The standard InChI is InChI=1S/C14H17N4O4S.BrH/c1-8-5-9(2)18-10-6-16(13(19)21-3)17(14(20)22-4)7-11(10)23-12(18)15-8;/h5H,6-7H2,1-4H3;1H/q+1;/p-1. The Bertz CT molecular complexity index is 810. The van der Waals surface area contributed by atoms with Crippen LogP contribution in [-0.4, -0.2) is 41.4 Å². The van der Waals surface area contributed by atoms with Crippen molar-refractivity contribution >= 4 is 28.5 Å². The number of fused-ring (bicyclic) bond motifs is 3. The van der Waals surface area contributed by atoms with Gasteiger partial charge in [-0.05, 0) is 23.2 Å². The molecule has 0 fully saturated rings. The normalized spacial score (nSPS) is 13.3. The zero-order valence-corrected chi connectivity index (χ0v) is 16.1. The van der Waals surface area contributed by atoms with Gasteiger partial charge in [-0.1, -0.05) is 0 Å². The van der Waals surface area contributed by atoms with Gasteiger partial charge in [0.05, 0.1) is 25.6 Å². The number of hydrazine groups is 1. The second-order valence-electron chi connectivity index (χ2n) is 5.18. The van der Waals surface area contributed by atoms with Crippen molar-refractivity contribution < 1.29 is 40.4 Å². The summed E-state index contributed by atoms with van der Waals surface area (Å²) < 4.78 is 11.6. The van der Waals surface area contributed by atoms with Crippen LogP contribution in [0.3, 0.4) is 0 Å². The number of aryl methyl sites for hydroxylation is 2. The van der Waals surface area contributed by atoms with Crippen LogP contribution >= 0.6 is 11.3 Å². The maximum absolute atomic E-state index is 12.0. The summed E-state index contributed by atoms with van der Waals surface area (Å²) in [5, 5.41) is 2.49. The van der Waals surface area contributed by atoms with E-state index in [1.54, 1.807) is 0 Å². The van der Waals surface area contributed by atoms with Crippen molar-refractivity contribution in [1.82, 2.24) is 15.0 Å². The molecule has 2 aromatic rings. The molecule has 0 spiro atoms. The largest absolute Gasteiger partial charge is 1.00 e. The first-order valence-corrected chi connectivity index (χ1v) is 7.79. The average molecular weight is 417 g/mol. The zero-order valence-electron chi connectivity index (χ0n) is 13.7. The smallest absolute Gasteiger partial charge is 0.429 e. The molecule has 130 valence electrons. The van der Waals surface area contributed by atoms with Crippen molar-refractivity contribution in [2.75, 3.05) is 14.2 Å². The molecule has 0 saturated carbocycles. The van der Waals surface area contributed by atoms with Gasteiger partial charge in [0.15, 0.2) is 5.69 Å². The zero-order chi connectivity index (χ0) is 16.7. The van der Waals surface area contributed by atoms with Gasteiger partial charge in [-0.2, -0.15) is 4.40 Å². The van der Waals surface area contributed by atoms with Crippen LogP contribution in [0.5, 0.6) is 0 Å². The van der Waals surface area contributed by atoms with Crippen molar-refractivity contribution in [3.05, 3.63) is 28.0 Å². The fourth-order valence-corrected chi connectivity index (χ4v) is 3.93. The number of rotatable bonds is 0. The second-order valence-corrected chi connectivity index (χ2v) is 6.25. The van der Waals surface area contributed by atoms with Gasteiger partial charge in [-0.25, -0.2) is 19.6 Å². The number of methoxy groups -OCH3 is 2. The summed E-state index contributed by atoms with van der Waals surface area (Å²) in [6.07, 6.45) is -1.22. The molecule has 2 amide bonds. The fourth-order valence-electron chi connectivity index (χ4n) is 2.71. The molecule has 0 saturated heterocycles. The molecule has 8 nitrogen and oxygen atoms in total. The van der Waals surface area contributed by atoms with E-state index in [2.05, 4.69) is 4.98 Å². The summed E-state index contributed by atoms with van der Waals surface area (Å²) in [4.78, 5) is 30.4. The summed E-state index contributed by atoms with van der Waals surface area (Å²) in [5.74, 6) is 0. The van der Waals surface area contributed by atoms with Gasteiger partial charge in [0.1, 0.15) is 17.9 Å². The van der Waals surface area contributed by atoms with Gasteiger partial charge in [-0.3, -0.25) is 0 Å². The van der Waals surface area contributed by atoms with E-state index in [0.29, 0.717) is 0 Å². The molecule has 2 aromatic heterocycles. The number of carbonyl (C=O) groups excluding carboxylic acids is 2. The summed E-state index contributed by atoms with van der Waals surface area (Å²) in [6, 6.07) is 1.98. The molecule has 0 atom stereocenters. The highest BCUT2D eigenvalue weighted by molar-refractivity contribution is 7.16. The molecule has 0 unspecified atom stereocenters. The number of hydrogen-bond donors (Lipinski definition) is 0. The Morgan fingerprint density at radius 2 is 1.75 bits per heavy atom. The third-order valence-corrected chi connectivity index (χ3v) is 4.76. The van der Waals surface area contributed by atoms with E-state index in [-0.39, 0.29) is 30.1 Å². The molecule has 1 aliphatic rings. The molecule has 3 rings (SSSR count). The predicted molar refractivity (Wildman–Crippen MR) is 80.6 cm³/mol. The summed E-state index contributed by atoms with van der Waals surface area (Å²) in [5.41, 5.74) is 2.89. The van der Waals surface area contributed by atoms with E-state index in [0.717, 1.165) is 26.9 Å². The quantitative estimate of drug-likeness (QED) is 0.492. The lowest BCUT2D eigenvalue weighted by atomic mass is 10.2. The Morgan fingerprint density at radius 3 is 2.33 bits per heavy atom. The minimum absolute atomic E-state index is 0. The van der Waals surface area contributed by atoms with Crippen molar-refractivity contribution in [2.24, 2.45) is 0 Å². The number of thiazole rings is 1. The molecular weight excluding hydrogens is 400 g/mol. The Hall–Kier alpha value is -1.94. The molecule has 10 heteroatoms. The van der Waals surface area contributed by atoms with Crippen LogP contribution in [-0.2, 0) is 22.6 Å². The van der Waals surface area contributed by atoms with Crippen LogP contribution in [0.1, 0.15) is 22.0 Å². The minimum atomic E-state index is -0.612. The van der Waals surface area contributed by atoms with Crippen LogP contribution in [0.4, 0.5) is 9.59 Å². The molecule has 0 bridgehead atoms. The van der Waals surface area contributed by atoms with Crippen LogP contribution in [0, 0.1) is 13.8 Å². The first kappa shape index (κ1) is 18.4. The molecule has 0 aromatic carbocycles. The van der Waals surface area contributed by atoms with E-state index in [1.165, 1.54) is 35.6 Å². The van der Waals surface area contributed by atoms with Crippen LogP contribution < -0.4 is 21.4 Å². The van der Waals surface area contributed by atoms with E-state index in [1.807, 2.05) is 24.3 Å². The average Bonchev–Trinajstić information content (AvgIpc) is 2.89. The van der Waals surface area contributed by atoms with Crippen molar-refractivity contribution in [1.29, 1.82) is 0 Å². The Kier molecular flexibility index (Phi) is 5.29. The van der Waals surface area contributed by atoms with E-state index in [4.69, 9.17) is 9.47 Å². The minimum Gasteiger partial charge on any atom is -1.00 e. The lowest BCUT2D eigenvalue weighted by Crippen LogP contribution is -3.00. The Morgan fingerprint density at radius 1 is 1.17 bits per heavy atom. The third-order valence-electron chi connectivity index (χ3n) is 3.70. The highest BCUT2D eigenvalue weighted by Crippen LogP contribution is 2.27. The van der Waals surface area contributed by atoms with Gasteiger partial charge in [0.25, 0.3) is 0 Å². The summed E-state index contributed by atoms with van der Waals surface area (Å²) in [7, 11) is 2.56. The third kappa shape index (κ3) is 2.91. The topological polar surface area (TPSA) is 76.1 Å². The van der Waals surface area contributed by atoms with Crippen LogP contribution in [0.15, 0.2) is 6.07 Å². The maximum Gasteiger partial charge on any atom is 0.429 e. The highest BCUT2D eigenvalue weighted by atomic mass is 79.9. The summed E-state index contributed by atoms with van der Waals surface area (Å²) >= 11 is 1.50. The van der Waals surface area contributed by atoms with Gasteiger partial charge in [-0.15, -0.1) is 0 Å². The molecular formula is C14H17BrN4O4S. The maximum atomic E-state index is 12.0. The number of halogens is 1. The molecule has 1 aliphatic heterocycles. The first-order valence-electron chi connectivity index (χ1n) is 6.97. The van der Waals surface area contributed by atoms with Crippen molar-refractivity contribution in [3.63, 3.8) is 0 Å². The van der Waals surface area contributed by atoms with Crippen molar-refractivity contribution in [2.45, 2.75) is 26.9 Å². The molecule has 24 heavy (non-hydrogen) atoms. The van der Waals surface area contributed by atoms with E-state index < -0.39 is 12.2 Å². The predicted octanol–water partition coefficient (Wildman–Crippen LogP) is -1.43. The lowest BCUT2D eigenvalue weighted by Gasteiger charge is -2.34. The number of hydrogen-bond acceptors (Lipinski definition) is 6. The van der Waals surface area contributed by atoms with Crippen molar-refractivity contribution in [3.8, 4) is 0 Å². The molecule has 0 aliphatic carbocycles. The van der Waals surface area contributed by atoms with E-state index >= 15 is 0 Å². The lowest BCUT2D eigenvalue weighted by molar-refractivity contribution is -0.531. The van der Waals surface area contributed by atoms with Crippen LogP contribution in [0.2, 0.25) is 0 Å². The first-order chi connectivity index (χ1) is 11.0. The molecule has 3 heterocycles. The van der Waals surface area contributed by atoms with Gasteiger partial charge < -0.3 is 26.5 Å². The van der Waals surface area contributed by atoms with E-state index in [9.17, 15) is 9.59 Å². The number of amides is 2. The second kappa shape index (κ2) is 6.89. The van der Waals surface area contributed by atoms with Gasteiger partial charge in [0.2, 0.25) is 0 Å². The van der Waals surface area contributed by atoms with Gasteiger partial charge in [0, 0.05) is 13.0 Å². The molecule has 0 N–H and O–H groups in total. The fraction of sp³-hybridized carbons (Fsp3) is 0.429. The summed E-state index contributed by atoms with van der Waals surface area (Å²) in [6.45, 7) is 4.38. The SMILES string of the molecule is COC(=O)N1Cc2sc3nc(C)cc(C)[n+]3c2CN1C(=O)OC.[Br-]. The number of carbonyl (C=O) groups is 2. The van der Waals surface area contributed by atoms with Crippen LogP contribution in [0.25, 0.3) is 4.96 Å². The number of aromatic nitrogens is 2.